The number of aliphatic hydroxyl groups excluding tert-OH is 1. The van der Waals surface area contributed by atoms with Gasteiger partial charge in [-0.3, -0.25) is 0 Å². The number of hydrogen-bond donors (Lipinski definition) is 1. The normalized spacial score (nSPS) is 26.5. The van der Waals surface area contributed by atoms with Crippen LogP contribution in [-0.2, 0) is 16.6 Å². The summed E-state index contributed by atoms with van der Waals surface area (Å²) in [5.41, 5.74) is 0. The van der Waals surface area contributed by atoms with Crippen LogP contribution in [0.5, 0.6) is 0 Å². The van der Waals surface area contributed by atoms with Crippen LogP contribution < -0.4 is 0 Å². The molecule has 1 N–H and O–H groups in total. The van der Waals surface area contributed by atoms with Gasteiger partial charge in [0.05, 0.1) is 0 Å². The molecule has 2 heterocycles. The van der Waals surface area contributed by atoms with E-state index in [1.807, 2.05) is 13.8 Å². The summed E-state index contributed by atoms with van der Waals surface area (Å²) in [5, 5.41) is 8.79. The lowest BCUT2D eigenvalue weighted by molar-refractivity contribution is 0.234. The van der Waals surface area contributed by atoms with Crippen LogP contribution in [0.2, 0.25) is 0 Å². The average Bonchev–Trinajstić information content (AvgIpc) is 2.85. The molecule has 6 heteroatoms. The first-order chi connectivity index (χ1) is 7.95. The van der Waals surface area contributed by atoms with E-state index < -0.39 is 10.0 Å². The minimum Gasteiger partial charge on any atom is -0.446 e. The van der Waals surface area contributed by atoms with Crippen molar-refractivity contribution in [3.8, 4) is 0 Å². The summed E-state index contributed by atoms with van der Waals surface area (Å²) in [5.74, 6) is 0.635. The summed E-state index contributed by atoms with van der Waals surface area (Å²) < 4.78 is 31.1. The molecule has 1 aromatic heterocycles. The van der Waals surface area contributed by atoms with Gasteiger partial charge in [-0.15, -0.1) is 0 Å². The molecule has 1 aliphatic heterocycles. The zero-order chi connectivity index (χ0) is 12.6. The summed E-state index contributed by atoms with van der Waals surface area (Å²) in [6, 6.07) is 2.88. The summed E-state index contributed by atoms with van der Waals surface area (Å²) >= 11 is 0. The maximum absolute atomic E-state index is 12.3. The van der Waals surface area contributed by atoms with Crippen LogP contribution in [0.3, 0.4) is 0 Å². The van der Waals surface area contributed by atoms with Crippen LogP contribution in [0, 0.1) is 5.92 Å². The molecule has 0 aromatic carbocycles. The van der Waals surface area contributed by atoms with Crippen molar-refractivity contribution < 1.29 is 17.9 Å². The number of rotatable bonds is 3. The van der Waals surface area contributed by atoms with Gasteiger partial charge in [-0.25, -0.2) is 8.42 Å². The molecule has 0 aliphatic carbocycles. The van der Waals surface area contributed by atoms with E-state index in [0.717, 1.165) is 6.42 Å². The highest BCUT2D eigenvalue weighted by Gasteiger charge is 2.37. The Hall–Kier alpha value is -0.850. The summed E-state index contributed by atoms with van der Waals surface area (Å²) in [7, 11) is -3.55. The molecule has 1 fully saturated rings. The van der Waals surface area contributed by atoms with E-state index in [-0.39, 0.29) is 23.5 Å². The van der Waals surface area contributed by atoms with Gasteiger partial charge in [0, 0.05) is 12.6 Å². The van der Waals surface area contributed by atoms with E-state index in [9.17, 15) is 8.42 Å². The smallest absolute Gasteiger partial charge is 0.276 e. The molecule has 1 aliphatic rings. The van der Waals surface area contributed by atoms with Crippen LogP contribution in [-0.4, -0.2) is 30.4 Å². The van der Waals surface area contributed by atoms with Crippen LogP contribution in [0.1, 0.15) is 26.0 Å². The SMILES string of the molecule is CC1CC(C)N(S(=O)(=O)c2ccc(CO)o2)C1. The lowest BCUT2D eigenvalue weighted by Gasteiger charge is -2.19. The van der Waals surface area contributed by atoms with Gasteiger partial charge in [0.25, 0.3) is 10.0 Å². The minimum absolute atomic E-state index is 0.00215. The van der Waals surface area contributed by atoms with Crippen molar-refractivity contribution in [2.75, 3.05) is 6.54 Å². The fraction of sp³-hybridized carbons (Fsp3) is 0.636. The third kappa shape index (κ3) is 2.25. The molecular weight excluding hydrogens is 242 g/mol. The number of aliphatic hydroxyl groups is 1. The number of nitrogens with zero attached hydrogens (tertiary/aromatic N) is 1. The van der Waals surface area contributed by atoms with Crippen molar-refractivity contribution >= 4 is 10.0 Å². The predicted molar refractivity (Wildman–Crippen MR) is 61.8 cm³/mol. The van der Waals surface area contributed by atoms with E-state index in [1.165, 1.54) is 16.4 Å². The molecule has 2 unspecified atom stereocenters. The van der Waals surface area contributed by atoms with Gasteiger partial charge < -0.3 is 9.52 Å². The van der Waals surface area contributed by atoms with E-state index in [2.05, 4.69) is 0 Å². The lowest BCUT2D eigenvalue weighted by Crippen LogP contribution is -2.33. The van der Waals surface area contributed by atoms with Crippen molar-refractivity contribution in [3.63, 3.8) is 0 Å². The average molecular weight is 259 g/mol. The van der Waals surface area contributed by atoms with Gasteiger partial charge in [-0.1, -0.05) is 6.92 Å². The Bertz CT molecular complexity index is 493. The van der Waals surface area contributed by atoms with Crippen molar-refractivity contribution in [1.29, 1.82) is 0 Å². The van der Waals surface area contributed by atoms with Gasteiger partial charge in [0.2, 0.25) is 5.09 Å². The van der Waals surface area contributed by atoms with Crippen molar-refractivity contribution in [2.24, 2.45) is 5.92 Å². The van der Waals surface area contributed by atoms with Crippen LogP contribution >= 0.6 is 0 Å². The highest BCUT2D eigenvalue weighted by molar-refractivity contribution is 7.89. The molecule has 0 radical (unpaired) electrons. The van der Waals surface area contributed by atoms with Crippen molar-refractivity contribution in [2.45, 2.75) is 38.0 Å². The monoisotopic (exact) mass is 259 g/mol. The van der Waals surface area contributed by atoms with E-state index in [1.54, 1.807) is 0 Å². The second-order valence-electron chi connectivity index (χ2n) is 4.64. The lowest BCUT2D eigenvalue weighted by atomic mass is 10.1. The Kier molecular flexibility index (Phi) is 3.29. The van der Waals surface area contributed by atoms with E-state index >= 15 is 0 Å². The van der Waals surface area contributed by atoms with Gasteiger partial charge >= 0.3 is 0 Å². The van der Waals surface area contributed by atoms with Crippen LogP contribution in [0.25, 0.3) is 0 Å². The first-order valence-electron chi connectivity index (χ1n) is 5.66. The van der Waals surface area contributed by atoms with Gasteiger partial charge in [-0.05, 0) is 31.4 Å². The minimum atomic E-state index is -3.55. The largest absolute Gasteiger partial charge is 0.446 e. The Labute approximate surface area is 101 Å². The highest BCUT2D eigenvalue weighted by atomic mass is 32.2. The topological polar surface area (TPSA) is 70.8 Å². The Morgan fingerprint density at radius 3 is 2.65 bits per heavy atom. The van der Waals surface area contributed by atoms with E-state index in [0.29, 0.717) is 12.5 Å². The zero-order valence-corrected chi connectivity index (χ0v) is 10.8. The third-order valence-corrected chi connectivity index (χ3v) is 4.94. The highest BCUT2D eigenvalue weighted by Crippen LogP contribution is 2.29. The molecule has 0 spiro atoms. The number of hydrogen-bond acceptors (Lipinski definition) is 4. The molecule has 1 aromatic rings. The molecule has 2 atom stereocenters. The summed E-state index contributed by atoms with van der Waals surface area (Å²) in [4.78, 5) is 0. The second-order valence-corrected chi connectivity index (χ2v) is 6.46. The molecule has 0 amide bonds. The first kappa shape index (κ1) is 12.6. The molecule has 5 nitrogen and oxygen atoms in total. The first-order valence-corrected chi connectivity index (χ1v) is 7.10. The third-order valence-electron chi connectivity index (χ3n) is 3.08. The molecule has 0 bridgehead atoms. The summed E-state index contributed by atoms with van der Waals surface area (Å²) in [6.45, 7) is 4.17. The fourth-order valence-corrected chi connectivity index (χ4v) is 3.99. The quantitative estimate of drug-likeness (QED) is 0.885. The fourth-order valence-electron chi connectivity index (χ4n) is 2.29. The van der Waals surface area contributed by atoms with Gasteiger partial charge in [-0.2, -0.15) is 4.31 Å². The second kappa shape index (κ2) is 4.44. The van der Waals surface area contributed by atoms with Gasteiger partial charge in [0.15, 0.2) is 0 Å². The molecule has 2 rings (SSSR count). The molecule has 0 saturated carbocycles. The Morgan fingerprint density at radius 1 is 1.47 bits per heavy atom. The maximum Gasteiger partial charge on any atom is 0.276 e. The Balaban J connectivity index is 2.30. The van der Waals surface area contributed by atoms with Crippen LogP contribution in [0.4, 0.5) is 0 Å². The number of furan rings is 1. The van der Waals surface area contributed by atoms with Crippen LogP contribution in [0.15, 0.2) is 21.6 Å². The van der Waals surface area contributed by atoms with E-state index in [4.69, 9.17) is 9.52 Å². The number of sulfonamides is 1. The molecule has 1 saturated heterocycles. The van der Waals surface area contributed by atoms with Crippen molar-refractivity contribution in [1.82, 2.24) is 4.31 Å². The van der Waals surface area contributed by atoms with Gasteiger partial charge in [0.1, 0.15) is 12.4 Å². The Morgan fingerprint density at radius 2 is 2.18 bits per heavy atom. The standard InChI is InChI=1S/C11H17NO4S/c1-8-5-9(2)12(6-8)17(14,15)11-4-3-10(7-13)16-11/h3-4,8-9,13H,5-7H2,1-2H3. The summed E-state index contributed by atoms with van der Waals surface area (Å²) in [6.07, 6.45) is 0.868. The molecule has 96 valence electrons. The predicted octanol–water partition coefficient (Wildman–Crippen LogP) is 1.19. The zero-order valence-electron chi connectivity index (χ0n) is 9.96. The molecular formula is C11H17NO4S. The molecule has 17 heavy (non-hydrogen) atoms. The van der Waals surface area contributed by atoms with Crippen molar-refractivity contribution in [3.05, 3.63) is 17.9 Å². The maximum atomic E-state index is 12.3.